The van der Waals surface area contributed by atoms with Crippen molar-refractivity contribution in [1.29, 1.82) is 0 Å². The molecule has 1 aliphatic rings. The molecule has 0 aromatic heterocycles. The lowest BCUT2D eigenvalue weighted by Gasteiger charge is -2.23. The second-order valence-corrected chi connectivity index (χ2v) is 5.36. The molecule has 1 aromatic carbocycles. The Morgan fingerprint density at radius 2 is 2.09 bits per heavy atom. The molecule has 1 heterocycles. The quantitative estimate of drug-likeness (QED) is 0.893. The number of carbonyl (C=O) groups excluding carboxylic acids is 1. The second kappa shape index (κ2) is 7.79. The molecule has 6 heteroatoms. The van der Waals surface area contributed by atoms with Crippen LogP contribution in [0.15, 0.2) is 24.3 Å². The molecule has 120 valence electrons. The topological polar surface area (TPSA) is 78.9 Å². The monoisotopic (exact) mass is 306 g/mol. The van der Waals surface area contributed by atoms with Gasteiger partial charge in [-0.2, -0.15) is 0 Å². The molecule has 0 spiro atoms. The van der Waals surface area contributed by atoms with Gasteiger partial charge < -0.3 is 20.1 Å². The second-order valence-electron chi connectivity index (χ2n) is 5.36. The van der Waals surface area contributed by atoms with Crippen molar-refractivity contribution in [2.45, 2.75) is 32.4 Å². The summed E-state index contributed by atoms with van der Waals surface area (Å²) in [7, 11) is 0. The maximum Gasteiger partial charge on any atom is 0.335 e. The Balaban J connectivity index is 1.87. The van der Waals surface area contributed by atoms with Crippen molar-refractivity contribution < 1.29 is 19.4 Å². The zero-order valence-electron chi connectivity index (χ0n) is 12.7. The molecule has 6 nitrogen and oxygen atoms in total. The molecule has 1 aliphatic heterocycles. The molecule has 0 radical (unpaired) electrons. The van der Waals surface area contributed by atoms with Crippen LogP contribution in [0.4, 0.5) is 4.79 Å². The summed E-state index contributed by atoms with van der Waals surface area (Å²) in [6.45, 7) is 4.43. The molecular formula is C16H22N2O4. The number of nitrogens with one attached hydrogen (secondary N) is 1. The lowest BCUT2D eigenvalue weighted by molar-refractivity contribution is 0.0554. The first-order chi connectivity index (χ1) is 10.6. The van der Waals surface area contributed by atoms with E-state index in [0.29, 0.717) is 26.2 Å². The Bertz CT molecular complexity index is 515. The predicted octanol–water partition coefficient (Wildman–Crippen LogP) is 2.10. The Morgan fingerprint density at radius 3 is 2.73 bits per heavy atom. The number of aromatic carboxylic acids is 1. The first kappa shape index (κ1) is 16.3. The zero-order chi connectivity index (χ0) is 15.9. The number of urea groups is 1. The third-order valence-corrected chi connectivity index (χ3v) is 3.74. The fourth-order valence-corrected chi connectivity index (χ4v) is 2.38. The van der Waals surface area contributed by atoms with E-state index < -0.39 is 5.97 Å². The average Bonchev–Trinajstić information content (AvgIpc) is 2.78. The Morgan fingerprint density at radius 1 is 1.36 bits per heavy atom. The van der Waals surface area contributed by atoms with E-state index in [9.17, 15) is 9.59 Å². The van der Waals surface area contributed by atoms with Crippen LogP contribution in [0.5, 0.6) is 0 Å². The highest BCUT2D eigenvalue weighted by Crippen LogP contribution is 2.09. The number of carbonyl (C=O) groups is 2. The minimum Gasteiger partial charge on any atom is -0.478 e. The SMILES string of the molecule is CCC1CN(C(=O)NCc2ccc(C(=O)O)cc2)CCCO1. The molecule has 2 N–H and O–H groups in total. The highest BCUT2D eigenvalue weighted by atomic mass is 16.5. The van der Waals surface area contributed by atoms with E-state index in [1.54, 1.807) is 17.0 Å². The van der Waals surface area contributed by atoms with Crippen LogP contribution in [0.25, 0.3) is 0 Å². The third-order valence-electron chi connectivity index (χ3n) is 3.74. The normalized spacial score (nSPS) is 18.6. The van der Waals surface area contributed by atoms with Gasteiger partial charge in [-0.05, 0) is 30.5 Å². The summed E-state index contributed by atoms with van der Waals surface area (Å²) in [6.07, 6.45) is 1.83. The molecule has 0 bridgehead atoms. The fraction of sp³-hybridized carbons (Fsp3) is 0.500. The molecule has 1 unspecified atom stereocenters. The van der Waals surface area contributed by atoms with E-state index in [4.69, 9.17) is 9.84 Å². The number of carboxylic acid groups (broad SMARTS) is 1. The number of amides is 2. The van der Waals surface area contributed by atoms with Crippen LogP contribution in [0.1, 0.15) is 35.7 Å². The lowest BCUT2D eigenvalue weighted by Crippen LogP contribution is -2.43. The summed E-state index contributed by atoms with van der Waals surface area (Å²) in [5.74, 6) is -0.953. The molecule has 1 saturated heterocycles. The first-order valence-corrected chi connectivity index (χ1v) is 7.56. The zero-order valence-corrected chi connectivity index (χ0v) is 12.7. The number of ether oxygens (including phenoxy) is 1. The van der Waals surface area contributed by atoms with Crippen LogP contribution in [-0.4, -0.2) is 47.8 Å². The van der Waals surface area contributed by atoms with E-state index in [0.717, 1.165) is 18.4 Å². The minimum absolute atomic E-state index is 0.100. The molecule has 0 saturated carbocycles. The summed E-state index contributed by atoms with van der Waals surface area (Å²) < 4.78 is 5.65. The number of hydrogen-bond acceptors (Lipinski definition) is 3. The molecule has 2 amide bonds. The van der Waals surface area contributed by atoms with E-state index in [-0.39, 0.29) is 17.7 Å². The highest BCUT2D eigenvalue weighted by molar-refractivity contribution is 5.87. The van der Waals surface area contributed by atoms with Crippen molar-refractivity contribution in [2.24, 2.45) is 0 Å². The van der Waals surface area contributed by atoms with Gasteiger partial charge in [0.2, 0.25) is 0 Å². The van der Waals surface area contributed by atoms with Gasteiger partial charge in [0.15, 0.2) is 0 Å². The van der Waals surface area contributed by atoms with Crippen molar-refractivity contribution >= 4 is 12.0 Å². The Labute approximate surface area is 130 Å². The van der Waals surface area contributed by atoms with Crippen molar-refractivity contribution in [3.05, 3.63) is 35.4 Å². The van der Waals surface area contributed by atoms with Crippen molar-refractivity contribution in [2.75, 3.05) is 19.7 Å². The lowest BCUT2D eigenvalue weighted by atomic mass is 10.1. The largest absolute Gasteiger partial charge is 0.478 e. The fourth-order valence-electron chi connectivity index (χ4n) is 2.38. The van der Waals surface area contributed by atoms with Gasteiger partial charge in [0, 0.05) is 26.2 Å². The predicted molar refractivity (Wildman–Crippen MR) is 81.9 cm³/mol. The van der Waals surface area contributed by atoms with E-state index >= 15 is 0 Å². The van der Waals surface area contributed by atoms with Crippen LogP contribution >= 0.6 is 0 Å². The van der Waals surface area contributed by atoms with E-state index in [1.807, 2.05) is 0 Å². The van der Waals surface area contributed by atoms with Crippen molar-refractivity contribution in [1.82, 2.24) is 10.2 Å². The maximum absolute atomic E-state index is 12.2. The van der Waals surface area contributed by atoms with Crippen LogP contribution in [-0.2, 0) is 11.3 Å². The van der Waals surface area contributed by atoms with Crippen LogP contribution < -0.4 is 5.32 Å². The summed E-state index contributed by atoms with van der Waals surface area (Å²) >= 11 is 0. The molecule has 0 aliphatic carbocycles. The van der Waals surface area contributed by atoms with Crippen LogP contribution in [0.2, 0.25) is 0 Å². The van der Waals surface area contributed by atoms with Gasteiger partial charge in [-0.1, -0.05) is 19.1 Å². The first-order valence-electron chi connectivity index (χ1n) is 7.56. The molecule has 1 atom stereocenters. The molecule has 2 rings (SSSR count). The number of benzene rings is 1. The summed E-state index contributed by atoms with van der Waals surface area (Å²) in [5, 5.41) is 11.7. The summed E-state index contributed by atoms with van der Waals surface area (Å²) in [5.41, 5.74) is 1.11. The van der Waals surface area contributed by atoms with Gasteiger partial charge in [0.1, 0.15) is 0 Å². The van der Waals surface area contributed by atoms with Gasteiger partial charge in [0.25, 0.3) is 0 Å². The smallest absolute Gasteiger partial charge is 0.335 e. The van der Waals surface area contributed by atoms with Gasteiger partial charge in [0.05, 0.1) is 11.7 Å². The van der Waals surface area contributed by atoms with Crippen LogP contribution in [0, 0.1) is 0 Å². The number of nitrogens with zero attached hydrogens (tertiary/aromatic N) is 1. The standard InChI is InChI=1S/C16H22N2O4/c1-2-14-11-18(8-3-9-22-14)16(21)17-10-12-4-6-13(7-5-12)15(19)20/h4-7,14H,2-3,8-11H2,1H3,(H,17,21)(H,19,20). The Kier molecular flexibility index (Phi) is 5.77. The summed E-state index contributed by atoms with van der Waals surface area (Å²) in [6, 6.07) is 6.40. The molecule has 1 aromatic rings. The molecule has 22 heavy (non-hydrogen) atoms. The summed E-state index contributed by atoms with van der Waals surface area (Å²) in [4.78, 5) is 24.8. The number of hydrogen-bond donors (Lipinski definition) is 2. The van der Waals surface area contributed by atoms with E-state index in [2.05, 4.69) is 12.2 Å². The Hall–Kier alpha value is -2.08. The van der Waals surface area contributed by atoms with Gasteiger partial charge in [-0.15, -0.1) is 0 Å². The minimum atomic E-state index is -0.953. The maximum atomic E-state index is 12.2. The number of rotatable bonds is 4. The van der Waals surface area contributed by atoms with Gasteiger partial charge in [-0.3, -0.25) is 0 Å². The van der Waals surface area contributed by atoms with Crippen molar-refractivity contribution in [3.63, 3.8) is 0 Å². The van der Waals surface area contributed by atoms with E-state index in [1.165, 1.54) is 12.1 Å². The third kappa shape index (κ3) is 4.46. The number of carboxylic acids is 1. The van der Waals surface area contributed by atoms with Crippen LogP contribution in [0.3, 0.4) is 0 Å². The van der Waals surface area contributed by atoms with Crippen molar-refractivity contribution in [3.8, 4) is 0 Å². The van der Waals surface area contributed by atoms with Gasteiger partial charge in [-0.25, -0.2) is 9.59 Å². The molecule has 1 fully saturated rings. The highest BCUT2D eigenvalue weighted by Gasteiger charge is 2.21. The van der Waals surface area contributed by atoms with Gasteiger partial charge >= 0.3 is 12.0 Å². The average molecular weight is 306 g/mol. The molecular weight excluding hydrogens is 284 g/mol.